The Bertz CT molecular complexity index is 248. The van der Waals surface area contributed by atoms with Crippen LogP contribution in [0.1, 0.15) is 40.0 Å². The maximum Gasteiger partial charge on any atom is 0.100 e. The number of hydrogen-bond donors (Lipinski definition) is 0. The molecule has 2 nitrogen and oxygen atoms in total. The van der Waals surface area contributed by atoms with Gasteiger partial charge < -0.3 is 9.47 Å². The van der Waals surface area contributed by atoms with Gasteiger partial charge in [-0.25, -0.2) is 0 Å². The van der Waals surface area contributed by atoms with Gasteiger partial charge in [0.25, 0.3) is 0 Å². The van der Waals surface area contributed by atoms with Gasteiger partial charge in [0.05, 0.1) is 17.3 Å². The highest BCUT2D eigenvalue weighted by molar-refractivity contribution is 5.21. The standard InChI is InChI=1S/C10H16O2/c1-8(2)10(12-8)5-4-7-9(3,6-10)11-7/h7H,4-6H2,1-3H3. The molecule has 1 aliphatic carbocycles. The van der Waals surface area contributed by atoms with E-state index in [2.05, 4.69) is 20.8 Å². The maximum atomic E-state index is 5.82. The van der Waals surface area contributed by atoms with Crippen LogP contribution in [0.4, 0.5) is 0 Å². The zero-order chi connectivity index (χ0) is 8.61. The lowest BCUT2D eigenvalue weighted by Crippen LogP contribution is -2.33. The van der Waals surface area contributed by atoms with Crippen molar-refractivity contribution in [2.45, 2.75) is 62.9 Å². The molecule has 0 N–H and O–H groups in total. The Morgan fingerprint density at radius 1 is 1.25 bits per heavy atom. The number of epoxide rings is 2. The van der Waals surface area contributed by atoms with Crippen molar-refractivity contribution in [3.63, 3.8) is 0 Å². The summed E-state index contributed by atoms with van der Waals surface area (Å²) in [6.45, 7) is 6.61. The van der Waals surface area contributed by atoms with Gasteiger partial charge >= 0.3 is 0 Å². The van der Waals surface area contributed by atoms with Crippen LogP contribution >= 0.6 is 0 Å². The summed E-state index contributed by atoms with van der Waals surface area (Å²) >= 11 is 0. The molecule has 3 unspecified atom stereocenters. The Kier molecular flexibility index (Phi) is 0.978. The first kappa shape index (κ1) is 7.34. The predicted molar refractivity (Wildman–Crippen MR) is 45.0 cm³/mol. The van der Waals surface area contributed by atoms with Crippen molar-refractivity contribution < 1.29 is 9.47 Å². The van der Waals surface area contributed by atoms with E-state index in [0.29, 0.717) is 6.10 Å². The normalized spacial score (nSPS) is 59.8. The molecular weight excluding hydrogens is 152 g/mol. The van der Waals surface area contributed by atoms with E-state index in [1.54, 1.807) is 0 Å². The largest absolute Gasteiger partial charge is 0.366 e. The Hall–Kier alpha value is -0.0800. The molecule has 0 aromatic carbocycles. The van der Waals surface area contributed by atoms with Gasteiger partial charge in [-0.3, -0.25) is 0 Å². The summed E-state index contributed by atoms with van der Waals surface area (Å²) in [4.78, 5) is 0. The average molecular weight is 168 g/mol. The van der Waals surface area contributed by atoms with Crippen LogP contribution in [-0.2, 0) is 9.47 Å². The summed E-state index contributed by atoms with van der Waals surface area (Å²) in [5.74, 6) is 0. The summed E-state index contributed by atoms with van der Waals surface area (Å²) in [6.07, 6.45) is 4.04. The number of fused-ring (bicyclic) bond motifs is 1. The molecule has 0 aromatic rings. The zero-order valence-corrected chi connectivity index (χ0v) is 8.02. The molecule has 68 valence electrons. The molecule has 0 radical (unpaired) electrons. The van der Waals surface area contributed by atoms with Gasteiger partial charge in [0.1, 0.15) is 5.60 Å². The van der Waals surface area contributed by atoms with Crippen LogP contribution in [-0.4, -0.2) is 22.9 Å². The van der Waals surface area contributed by atoms with E-state index in [4.69, 9.17) is 9.47 Å². The number of rotatable bonds is 0. The average Bonchev–Trinajstić information content (AvgIpc) is 2.70. The second kappa shape index (κ2) is 1.60. The molecule has 0 amide bonds. The summed E-state index contributed by atoms with van der Waals surface area (Å²) in [5.41, 5.74) is 0.466. The van der Waals surface area contributed by atoms with Crippen LogP contribution in [0.3, 0.4) is 0 Å². The third-order valence-corrected chi connectivity index (χ3v) is 3.99. The van der Waals surface area contributed by atoms with Gasteiger partial charge in [0, 0.05) is 6.42 Å². The van der Waals surface area contributed by atoms with Crippen LogP contribution < -0.4 is 0 Å². The maximum absolute atomic E-state index is 5.82. The lowest BCUT2D eigenvalue weighted by molar-refractivity contribution is 0.206. The number of ether oxygens (including phenoxy) is 2. The fraction of sp³-hybridized carbons (Fsp3) is 1.00. The summed E-state index contributed by atoms with van der Waals surface area (Å²) < 4.78 is 11.5. The Balaban J connectivity index is 1.84. The van der Waals surface area contributed by atoms with E-state index < -0.39 is 0 Å². The molecular formula is C10H16O2. The van der Waals surface area contributed by atoms with Crippen molar-refractivity contribution in [3.05, 3.63) is 0 Å². The number of hydrogen-bond acceptors (Lipinski definition) is 2. The van der Waals surface area contributed by atoms with E-state index in [9.17, 15) is 0 Å². The van der Waals surface area contributed by atoms with E-state index >= 15 is 0 Å². The van der Waals surface area contributed by atoms with Crippen molar-refractivity contribution in [2.75, 3.05) is 0 Å². The second-order valence-corrected chi connectivity index (χ2v) is 5.24. The van der Waals surface area contributed by atoms with Crippen molar-refractivity contribution in [2.24, 2.45) is 0 Å². The van der Waals surface area contributed by atoms with Gasteiger partial charge in [-0.05, 0) is 33.6 Å². The molecule has 2 heteroatoms. The van der Waals surface area contributed by atoms with Gasteiger partial charge in [-0.15, -0.1) is 0 Å². The summed E-state index contributed by atoms with van der Waals surface area (Å²) in [5, 5.41) is 0. The summed E-state index contributed by atoms with van der Waals surface area (Å²) in [6, 6.07) is 0. The molecule has 2 saturated heterocycles. The van der Waals surface area contributed by atoms with Crippen molar-refractivity contribution in [3.8, 4) is 0 Å². The molecule has 2 aliphatic heterocycles. The first-order valence-corrected chi connectivity index (χ1v) is 4.86. The minimum Gasteiger partial charge on any atom is -0.366 e. The van der Waals surface area contributed by atoms with E-state index in [0.717, 1.165) is 6.42 Å². The quantitative estimate of drug-likeness (QED) is 0.516. The third kappa shape index (κ3) is 0.686. The molecule has 2 heterocycles. The minimum absolute atomic E-state index is 0.118. The van der Waals surface area contributed by atoms with Gasteiger partial charge in [0.2, 0.25) is 0 Å². The van der Waals surface area contributed by atoms with Crippen LogP contribution in [0.5, 0.6) is 0 Å². The molecule has 0 aromatic heterocycles. The van der Waals surface area contributed by atoms with E-state index in [-0.39, 0.29) is 16.8 Å². The van der Waals surface area contributed by atoms with Crippen LogP contribution in [0, 0.1) is 0 Å². The van der Waals surface area contributed by atoms with E-state index in [1.165, 1.54) is 12.8 Å². The summed E-state index contributed by atoms with van der Waals surface area (Å²) in [7, 11) is 0. The third-order valence-electron chi connectivity index (χ3n) is 3.99. The van der Waals surface area contributed by atoms with Crippen molar-refractivity contribution in [1.82, 2.24) is 0 Å². The minimum atomic E-state index is 0.118. The first-order chi connectivity index (χ1) is 5.48. The van der Waals surface area contributed by atoms with Crippen LogP contribution in [0.2, 0.25) is 0 Å². The Morgan fingerprint density at radius 2 is 1.92 bits per heavy atom. The Morgan fingerprint density at radius 3 is 2.42 bits per heavy atom. The molecule has 1 saturated carbocycles. The smallest absolute Gasteiger partial charge is 0.100 e. The van der Waals surface area contributed by atoms with E-state index in [1.807, 2.05) is 0 Å². The lowest BCUT2D eigenvalue weighted by Gasteiger charge is -2.21. The molecule has 12 heavy (non-hydrogen) atoms. The highest BCUT2D eigenvalue weighted by atomic mass is 16.6. The predicted octanol–water partition coefficient (Wildman–Crippen LogP) is 1.88. The van der Waals surface area contributed by atoms with Crippen LogP contribution in [0.25, 0.3) is 0 Å². The highest BCUT2D eigenvalue weighted by Gasteiger charge is 2.72. The fourth-order valence-electron chi connectivity index (χ4n) is 2.89. The first-order valence-electron chi connectivity index (χ1n) is 4.86. The van der Waals surface area contributed by atoms with Crippen molar-refractivity contribution >= 4 is 0 Å². The molecule has 3 aliphatic rings. The lowest BCUT2D eigenvalue weighted by atomic mass is 9.77. The topological polar surface area (TPSA) is 25.1 Å². The SMILES string of the molecule is CC12CC3(CCC1O2)OC3(C)C. The fourth-order valence-corrected chi connectivity index (χ4v) is 2.89. The molecule has 0 bridgehead atoms. The van der Waals surface area contributed by atoms with Gasteiger partial charge in [-0.2, -0.15) is 0 Å². The molecule has 3 fully saturated rings. The molecule has 1 spiro atoms. The van der Waals surface area contributed by atoms with Crippen molar-refractivity contribution in [1.29, 1.82) is 0 Å². The Labute approximate surface area is 73.2 Å². The van der Waals surface area contributed by atoms with Gasteiger partial charge in [0.15, 0.2) is 0 Å². The second-order valence-electron chi connectivity index (χ2n) is 5.24. The van der Waals surface area contributed by atoms with Crippen LogP contribution in [0.15, 0.2) is 0 Å². The highest BCUT2D eigenvalue weighted by Crippen LogP contribution is 2.63. The molecule has 3 rings (SSSR count). The zero-order valence-electron chi connectivity index (χ0n) is 8.02. The molecule has 3 atom stereocenters. The monoisotopic (exact) mass is 168 g/mol. The van der Waals surface area contributed by atoms with Gasteiger partial charge in [-0.1, -0.05) is 0 Å².